The summed E-state index contributed by atoms with van der Waals surface area (Å²) in [7, 11) is 0. The highest BCUT2D eigenvalue weighted by atomic mass is 19.4. The van der Waals surface area contributed by atoms with Gasteiger partial charge in [0.2, 0.25) is 11.8 Å². The van der Waals surface area contributed by atoms with Crippen LogP contribution in [-0.4, -0.2) is 23.2 Å². The molecule has 1 rings (SSSR count). The summed E-state index contributed by atoms with van der Waals surface area (Å²) < 4.78 is 73.9. The van der Waals surface area contributed by atoms with Crippen molar-refractivity contribution in [3.8, 4) is 0 Å². The predicted molar refractivity (Wildman–Crippen MR) is 57.6 cm³/mol. The molecule has 3 N–H and O–H groups in total. The first kappa shape index (κ1) is 16.1. The van der Waals surface area contributed by atoms with Crippen LogP contribution in [0.1, 0.15) is 5.56 Å². The Morgan fingerprint density at radius 1 is 1.25 bits per heavy atom. The fourth-order valence-electron chi connectivity index (χ4n) is 1.40. The van der Waals surface area contributed by atoms with Gasteiger partial charge in [-0.3, -0.25) is 4.79 Å². The van der Waals surface area contributed by atoms with Crippen molar-refractivity contribution in [2.75, 3.05) is 11.1 Å². The molecule has 0 unspecified atom stereocenters. The molecule has 1 aromatic rings. The molecule has 0 aliphatic heterocycles. The second-order valence-electron chi connectivity index (χ2n) is 3.94. The van der Waals surface area contributed by atoms with E-state index in [0.717, 1.165) is 6.20 Å². The Morgan fingerprint density at radius 3 is 2.15 bits per heavy atom. The largest absolute Gasteiger partial charge is 0.409 e. The number of amides is 1. The quantitative estimate of drug-likeness (QED) is 0.825. The molecule has 4 nitrogen and oxygen atoms in total. The van der Waals surface area contributed by atoms with Crippen LogP contribution in [0.15, 0.2) is 12.3 Å². The number of hydrogen-bond donors (Lipinski definition) is 2. The summed E-state index contributed by atoms with van der Waals surface area (Å²) in [5.74, 6) is -6.78. The van der Waals surface area contributed by atoms with Gasteiger partial charge in [-0.15, -0.1) is 0 Å². The first-order valence-corrected chi connectivity index (χ1v) is 5.09. The van der Waals surface area contributed by atoms with Crippen LogP contribution in [0.3, 0.4) is 0 Å². The lowest BCUT2D eigenvalue weighted by molar-refractivity contribution is -0.272. The summed E-state index contributed by atoms with van der Waals surface area (Å²) in [6.45, 7) is 1.33. The molecule has 1 amide bonds. The Balaban J connectivity index is 3.04. The third kappa shape index (κ3) is 3.75. The van der Waals surface area contributed by atoms with E-state index in [0.29, 0.717) is 0 Å². The molecule has 0 fully saturated rings. The molecule has 10 heteroatoms. The van der Waals surface area contributed by atoms with Crippen molar-refractivity contribution in [3.63, 3.8) is 0 Å². The third-order valence-corrected chi connectivity index (χ3v) is 2.26. The Bertz CT molecular complexity index is 497. The van der Waals surface area contributed by atoms with Gasteiger partial charge in [0.05, 0.1) is 11.9 Å². The monoisotopic (exact) mass is 301 g/mol. The van der Waals surface area contributed by atoms with Crippen LogP contribution in [0.2, 0.25) is 0 Å². The van der Waals surface area contributed by atoms with Gasteiger partial charge in [-0.05, 0) is 18.6 Å². The van der Waals surface area contributed by atoms with Crippen molar-refractivity contribution in [2.24, 2.45) is 5.92 Å². The molecular formula is C10H9F6N3O. The molecular weight excluding hydrogens is 292 g/mol. The number of nitrogen functional groups attached to an aromatic ring is 1. The maximum absolute atomic E-state index is 12.3. The molecule has 0 aliphatic carbocycles. The Kier molecular flexibility index (Phi) is 4.15. The van der Waals surface area contributed by atoms with Crippen molar-refractivity contribution in [3.05, 3.63) is 17.8 Å². The molecule has 0 spiro atoms. The minimum absolute atomic E-state index is 0.140. The van der Waals surface area contributed by atoms with Crippen LogP contribution in [-0.2, 0) is 4.79 Å². The lowest BCUT2D eigenvalue weighted by Crippen LogP contribution is -2.45. The minimum atomic E-state index is -5.75. The van der Waals surface area contributed by atoms with E-state index in [4.69, 9.17) is 5.73 Å². The van der Waals surface area contributed by atoms with Gasteiger partial charge in [0, 0.05) is 0 Å². The van der Waals surface area contributed by atoms with E-state index >= 15 is 0 Å². The van der Waals surface area contributed by atoms with Crippen LogP contribution in [0, 0.1) is 12.8 Å². The maximum Gasteiger partial charge on any atom is 0.409 e. The first-order valence-electron chi connectivity index (χ1n) is 5.09. The highest BCUT2D eigenvalue weighted by Crippen LogP contribution is 2.39. The number of alkyl halides is 6. The van der Waals surface area contributed by atoms with E-state index in [-0.39, 0.29) is 11.3 Å². The van der Waals surface area contributed by atoms with E-state index in [1.54, 1.807) is 0 Å². The molecule has 0 aromatic carbocycles. The normalized spacial score (nSPS) is 12.6. The summed E-state index contributed by atoms with van der Waals surface area (Å²) in [5.41, 5.74) is 5.62. The van der Waals surface area contributed by atoms with Gasteiger partial charge < -0.3 is 11.1 Å². The van der Waals surface area contributed by atoms with Crippen LogP contribution < -0.4 is 11.1 Å². The van der Waals surface area contributed by atoms with E-state index < -0.39 is 30.0 Å². The van der Waals surface area contributed by atoms with Crippen LogP contribution in [0.4, 0.5) is 37.8 Å². The Labute approximate surface area is 109 Å². The number of carbonyl (C=O) groups is 1. The number of hydrogen-bond acceptors (Lipinski definition) is 3. The molecule has 0 radical (unpaired) electrons. The predicted octanol–water partition coefficient (Wildman–Crippen LogP) is 2.65. The number of pyridine rings is 1. The fraction of sp³-hybridized carbons (Fsp3) is 0.400. The zero-order valence-electron chi connectivity index (χ0n) is 9.93. The fourth-order valence-corrected chi connectivity index (χ4v) is 1.40. The summed E-state index contributed by atoms with van der Waals surface area (Å²) in [4.78, 5) is 14.7. The van der Waals surface area contributed by atoms with Gasteiger partial charge in [0.15, 0.2) is 0 Å². The molecule has 0 saturated carbocycles. The average molecular weight is 301 g/mol. The summed E-state index contributed by atoms with van der Waals surface area (Å²) >= 11 is 0. The Hall–Kier alpha value is -2.00. The number of aryl methyl sites for hydroxylation is 1. The SMILES string of the molecule is Cc1cc(N)cnc1NC(=O)C(C(F)(F)F)C(F)(F)F. The highest BCUT2D eigenvalue weighted by molar-refractivity contribution is 5.93. The van der Waals surface area contributed by atoms with E-state index in [1.807, 2.05) is 0 Å². The minimum Gasteiger partial charge on any atom is -0.397 e. The molecule has 0 saturated heterocycles. The number of rotatable bonds is 2. The molecule has 1 heterocycles. The van der Waals surface area contributed by atoms with E-state index in [2.05, 4.69) is 4.98 Å². The van der Waals surface area contributed by atoms with Gasteiger partial charge >= 0.3 is 12.4 Å². The number of halogens is 6. The average Bonchev–Trinajstić information content (AvgIpc) is 2.17. The van der Waals surface area contributed by atoms with Crippen molar-refractivity contribution >= 4 is 17.4 Å². The molecule has 112 valence electrons. The van der Waals surface area contributed by atoms with Crippen LogP contribution >= 0.6 is 0 Å². The highest BCUT2D eigenvalue weighted by Gasteiger charge is 2.61. The molecule has 0 aliphatic rings. The van der Waals surface area contributed by atoms with Crippen LogP contribution in [0.5, 0.6) is 0 Å². The van der Waals surface area contributed by atoms with Crippen molar-refractivity contribution in [1.29, 1.82) is 0 Å². The number of carbonyl (C=O) groups excluding carboxylic acids is 1. The number of anilines is 2. The van der Waals surface area contributed by atoms with E-state index in [9.17, 15) is 31.1 Å². The second kappa shape index (κ2) is 5.17. The standard InChI is InChI=1S/C10H9F6N3O/c1-4-2-5(17)3-18-7(4)19-8(20)6(9(11,12)13)10(14,15)16/h2-3,6H,17H2,1H3,(H,18,19,20). The van der Waals surface area contributed by atoms with Gasteiger partial charge in [0.25, 0.3) is 0 Å². The molecule has 1 aromatic heterocycles. The summed E-state index contributed by atoms with van der Waals surface area (Å²) in [6, 6.07) is 1.25. The Morgan fingerprint density at radius 2 is 1.75 bits per heavy atom. The second-order valence-corrected chi connectivity index (χ2v) is 3.94. The smallest absolute Gasteiger partial charge is 0.397 e. The summed E-state index contributed by atoms with van der Waals surface area (Å²) in [6.07, 6.45) is -10.5. The number of nitrogens with two attached hydrogens (primary N) is 1. The summed E-state index contributed by atoms with van der Waals surface area (Å²) in [5, 5.41) is 1.50. The van der Waals surface area contributed by atoms with Crippen molar-refractivity contribution in [1.82, 2.24) is 4.98 Å². The van der Waals surface area contributed by atoms with Gasteiger partial charge in [-0.2, -0.15) is 26.3 Å². The molecule has 0 atom stereocenters. The number of aromatic nitrogens is 1. The van der Waals surface area contributed by atoms with Gasteiger partial charge in [0.1, 0.15) is 5.82 Å². The zero-order chi connectivity index (χ0) is 15.7. The van der Waals surface area contributed by atoms with Gasteiger partial charge in [-0.1, -0.05) is 0 Å². The zero-order valence-corrected chi connectivity index (χ0v) is 9.93. The topological polar surface area (TPSA) is 68.0 Å². The maximum atomic E-state index is 12.3. The van der Waals surface area contributed by atoms with Gasteiger partial charge in [-0.25, -0.2) is 4.98 Å². The third-order valence-electron chi connectivity index (χ3n) is 2.26. The lowest BCUT2D eigenvalue weighted by Gasteiger charge is -2.22. The molecule has 0 bridgehead atoms. The lowest BCUT2D eigenvalue weighted by atomic mass is 10.1. The van der Waals surface area contributed by atoms with E-state index in [1.165, 1.54) is 18.3 Å². The number of nitrogens with one attached hydrogen (secondary N) is 1. The molecule has 20 heavy (non-hydrogen) atoms. The number of nitrogens with zero attached hydrogens (tertiary/aromatic N) is 1. The first-order chi connectivity index (χ1) is 8.93. The van der Waals surface area contributed by atoms with Crippen molar-refractivity contribution in [2.45, 2.75) is 19.3 Å². The van der Waals surface area contributed by atoms with Crippen LogP contribution in [0.25, 0.3) is 0 Å². The van der Waals surface area contributed by atoms with Crippen molar-refractivity contribution < 1.29 is 31.1 Å².